The molecule has 5 nitrogen and oxygen atoms in total. The van der Waals surface area contributed by atoms with Crippen molar-refractivity contribution in [3.63, 3.8) is 0 Å². The predicted molar refractivity (Wildman–Crippen MR) is 122 cm³/mol. The van der Waals surface area contributed by atoms with Crippen molar-refractivity contribution in [1.82, 2.24) is 9.29 Å². The van der Waals surface area contributed by atoms with Crippen LogP contribution in [0.3, 0.4) is 0 Å². The van der Waals surface area contributed by atoms with E-state index in [1.165, 1.54) is 0 Å². The molecule has 1 fully saturated rings. The summed E-state index contributed by atoms with van der Waals surface area (Å²) in [6, 6.07) is 9.04. The highest BCUT2D eigenvalue weighted by Gasteiger charge is 2.45. The molecule has 0 radical (unpaired) electrons. The number of hydrogen-bond acceptors (Lipinski definition) is 5. The van der Waals surface area contributed by atoms with Gasteiger partial charge in [-0.3, -0.25) is 19.0 Å². The first kappa shape index (κ1) is 21.8. The fourth-order valence-electron chi connectivity index (χ4n) is 4.57. The van der Waals surface area contributed by atoms with Gasteiger partial charge in [0.1, 0.15) is 5.67 Å². The number of aromatic nitrogens is 1. The van der Waals surface area contributed by atoms with Crippen LogP contribution in [-0.4, -0.2) is 33.5 Å². The molecule has 0 spiro atoms. The molecule has 0 atom stereocenters. The number of nitriles is 1. The fourth-order valence-corrected chi connectivity index (χ4v) is 5.56. The van der Waals surface area contributed by atoms with Gasteiger partial charge in [-0.15, -0.1) is 0 Å². The Balaban J connectivity index is 1.63. The van der Waals surface area contributed by atoms with Gasteiger partial charge in [-0.2, -0.15) is 5.26 Å². The molecule has 0 bridgehead atoms. The van der Waals surface area contributed by atoms with E-state index in [0.717, 1.165) is 5.56 Å². The van der Waals surface area contributed by atoms with Crippen LogP contribution < -0.4 is 4.90 Å². The summed E-state index contributed by atoms with van der Waals surface area (Å²) in [6.45, 7) is 9.53. The van der Waals surface area contributed by atoms with Crippen LogP contribution in [0.25, 0.3) is 0 Å². The van der Waals surface area contributed by atoms with Gasteiger partial charge < -0.3 is 0 Å². The van der Waals surface area contributed by atoms with Crippen molar-refractivity contribution in [1.29, 1.82) is 5.26 Å². The first-order valence-corrected chi connectivity index (χ1v) is 11.4. The monoisotopic (exact) mass is 438 g/mol. The van der Waals surface area contributed by atoms with Gasteiger partial charge in [-0.05, 0) is 56.5 Å². The lowest BCUT2D eigenvalue weighted by molar-refractivity contribution is 0.0897. The third kappa shape index (κ3) is 3.83. The molecule has 1 amide bonds. The van der Waals surface area contributed by atoms with E-state index >= 15 is 4.39 Å². The molecular weight excluding hydrogens is 411 g/mol. The number of fused-ring (bicyclic) bond motifs is 1. The van der Waals surface area contributed by atoms with Crippen molar-refractivity contribution >= 4 is 23.5 Å². The Kier molecular flexibility index (Phi) is 5.57. The number of alkyl halides is 1. The van der Waals surface area contributed by atoms with E-state index in [-0.39, 0.29) is 5.91 Å². The van der Waals surface area contributed by atoms with Crippen molar-refractivity contribution in [2.24, 2.45) is 0 Å². The van der Waals surface area contributed by atoms with Gasteiger partial charge in [0.15, 0.2) is 0 Å². The molecule has 0 unspecified atom stereocenters. The zero-order chi connectivity index (χ0) is 22.4. The lowest BCUT2D eigenvalue weighted by Crippen LogP contribution is -2.40. The molecule has 1 aromatic heterocycles. The summed E-state index contributed by atoms with van der Waals surface area (Å²) >= 11 is 1.77. The minimum absolute atomic E-state index is 0.153. The van der Waals surface area contributed by atoms with Crippen LogP contribution in [0.2, 0.25) is 0 Å². The number of pyridine rings is 1. The Morgan fingerprint density at radius 2 is 1.90 bits per heavy atom. The maximum atomic E-state index is 15.9. The van der Waals surface area contributed by atoms with Crippen LogP contribution in [0.4, 0.5) is 10.1 Å². The third-order valence-corrected chi connectivity index (χ3v) is 7.26. The first-order valence-electron chi connectivity index (χ1n) is 10.6. The number of rotatable bonds is 4. The van der Waals surface area contributed by atoms with E-state index in [1.807, 2.05) is 13.8 Å². The average Bonchev–Trinajstić information content (AvgIpc) is 2.94. The van der Waals surface area contributed by atoms with Crippen LogP contribution in [0.15, 0.2) is 36.7 Å². The Morgan fingerprint density at radius 1 is 1.19 bits per heavy atom. The number of amides is 1. The maximum Gasteiger partial charge on any atom is 0.259 e. The number of halogens is 1. The zero-order valence-electron chi connectivity index (χ0n) is 18.4. The minimum atomic E-state index is -1.45. The molecule has 0 saturated carbocycles. The summed E-state index contributed by atoms with van der Waals surface area (Å²) in [4.78, 5) is 19.2. The fraction of sp³-hybridized carbons (Fsp3) is 0.458. The summed E-state index contributed by atoms with van der Waals surface area (Å²) in [5, 5.41) is 9.73. The highest BCUT2D eigenvalue weighted by Crippen LogP contribution is 2.44. The summed E-state index contributed by atoms with van der Waals surface area (Å²) in [5.41, 5.74) is 0.876. The van der Waals surface area contributed by atoms with Gasteiger partial charge in [0.2, 0.25) is 0 Å². The number of hydrogen-bond donors (Lipinski definition) is 0. The Morgan fingerprint density at radius 3 is 2.55 bits per heavy atom. The number of benzene rings is 1. The molecule has 31 heavy (non-hydrogen) atoms. The Hall–Kier alpha value is -2.43. The molecule has 0 aliphatic carbocycles. The van der Waals surface area contributed by atoms with Crippen molar-refractivity contribution in [2.45, 2.75) is 57.0 Å². The zero-order valence-corrected chi connectivity index (χ0v) is 19.2. The normalized spacial score (nSPS) is 20.0. The second-order valence-corrected chi connectivity index (χ2v) is 10.7. The van der Waals surface area contributed by atoms with E-state index in [9.17, 15) is 10.1 Å². The largest absolute Gasteiger partial charge is 0.297 e. The third-order valence-electron chi connectivity index (χ3n) is 6.17. The minimum Gasteiger partial charge on any atom is -0.297 e. The second-order valence-electron chi connectivity index (χ2n) is 9.05. The molecule has 2 aromatic rings. The van der Waals surface area contributed by atoms with Crippen LogP contribution in [0.1, 0.15) is 67.6 Å². The molecule has 3 heterocycles. The van der Waals surface area contributed by atoms with E-state index in [0.29, 0.717) is 53.6 Å². The van der Waals surface area contributed by atoms with E-state index in [1.54, 1.807) is 53.5 Å². The molecule has 0 N–H and O–H groups in total. The standard InChI is InChI=1S/C24H27FN4OS/c1-16(2)31-28-9-7-24(25,8-10-28)18-12-19(15-27-14-18)29-22(30)20-6-5-17(13-26)11-21(20)23(29,3)4/h5-6,11-12,14-16H,7-10H2,1-4H3. The molecule has 162 valence electrons. The van der Waals surface area contributed by atoms with Crippen LogP contribution in [0, 0.1) is 11.3 Å². The molecule has 2 aliphatic rings. The van der Waals surface area contributed by atoms with Gasteiger partial charge in [0, 0.05) is 35.7 Å². The first-order chi connectivity index (χ1) is 14.7. The molecule has 1 aromatic carbocycles. The quantitative estimate of drug-likeness (QED) is 0.617. The van der Waals surface area contributed by atoms with Crippen molar-refractivity contribution < 1.29 is 9.18 Å². The van der Waals surface area contributed by atoms with E-state index in [4.69, 9.17) is 0 Å². The Labute approximate surface area is 187 Å². The predicted octanol–water partition coefficient (Wildman–Crippen LogP) is 5.17. The summed E-state index contributed by atoms with van der Waals surface area (Å²) in [6.07, 6.45) is 4.01. The lowest BCUT2D eigenvalue weighted by Gasteiger charge is -2.37. The van der Waals surface area contributed by atoms with Crippen LogP contribution >= 0.6 is 11.9 Å². The van der Waals surface area contributed by atoms with Crippen LogP contribution in [0.5, 0.6) is 0 Å². The summed E-state index contributed by atoms with van der Waals surface area (Å²) < 4.78 is 18.2. The highest BCUT2D eigenvalue weighted by atomic mass is 32.2. The number of carbonyl (C=O) groups is 1. The second kappa shape index (κ2) is 7.92. The van der Waals surface area contributed by atoms with Gasteiger partial charge in [0.05, 0.1) is 29.1 Å². The van der Waals surface area contributed by atoms with Gasteiger partial charge in [-0.1, -0.05) is 25.8 Å². The maximum absolute atomic E-state index is 15.9. The SMILES string of the molecule is CC(C)SN1CCC(F)(c2cncc(N3C(=O)c4ccc(C#N)cc4C3(C)C)c2)CC1. The smallest absolute Gasteiger partial charge is 0.259 e. The van der Waals surface area contributed by atoms with Crippen molar-refractivity contribution in [3.05, 3.63) is 58.9 Å². The van der Waals surface area contributed by atoms with E-state index < -0.39 is 11.2 Å². The van der Waals surface area contributed by atoms with Crippen molar-refractivity contribution in [2.75, 3.05) is 18.0 Å². The van der Waals surface area contributed by atoms with Gasteiger partial charge in [0.25, 0.3) is 5.91 Å². The van der Waals surface area contributed by atoms with E-state index in [2.05, 4.69) is 29.2 Å². The van der Waals surface area contributed by atoms with Gasteiger partial charge in [-0.25, -0.2) is 4.39 Å². The van der Waals surface area contributed by atoms with Gasteiger partial charge >= 0.3 is 0 Å². The lowest BCUT2D eigenvalue weighted by atomic mass is 9.87. The number of piperidine rings is 1. The average molecular weight is 439 g/mol. The molecular formula is C24H27FN4OS. The van der Waals surface area contributed by atoms with Crippen molar-refractivity contribution in [3.8, 4) is 6.07 Å². The number of nitrogens with zero attached hydrogens (tertiary/aromatic N) is 4. The molecule has 4 rings (SSSR count). The molecule has 1 saturated heterocycles. The topological polar surface area (TPSA) is 60.2 Å². The number of anilines is 1. The number of carbonyl (C=O) groups excluding carboxylic acids is 1. The molecule has 7 heteroatoms. The Bertz CT molecular complexity index is 1050. The summed E-state index contributed by atoms with van der Waals surface area (Å²) in [5.74, 6) is -0.153. The molecule has 2 aliphatic heterocycles. The summed E-state index contributed by atoms with van der Waals surface area (Å²) in [7, 11) is 0. The van der Waals surface area contributed by atoms with Crippen LogP contribution in [-0.2, 0) is 11.2 Å². The highest BCUT2D eigenvalue weighted by molar-refractivity contribution is 7.97.